The molecule has 0 amide bonds. The first-order valence-electron chi connectivity index (χ1n) is 11.3. The van der Waals surface area contributed by atoms with Gasteiger partial charge in [0, 0.05) is 57.1 Å². The third-order valence-electron chi connectivity index (χ3n) is 6.78. The van der Waals surface area contributed by atoms with E-state index in [-0.39, 0.29) is 22.9 Å². The van der Waals surface area contributed by atoms with E-state index < -0.39 is 16.6 Å². The van der Waals surface area contributed by atoms with Crippen LogP contribution in [0.1, 0.15) is 54.0 Å². The Morgan fingerprint density at radius 1 is 1.15 bits per heavy atom. The summed E-state index contributed by atoms with van der Waals surface area (Å²) in [7, 11) is -0.806. The van der Waals surface area contributed by atoms with E-state index in [0.717, 1.165) is 22.2 Å². The van der Waals surface area contributed by atoms with Gasteiger partial charge in [-0.25, -0.2) is 4.39 Å². The van der Waals surface area contributed by atoms with E-state index in [1.165, 1.54) is 6.07 Å². The van der Waals surface area contributed by atoms with E-state index in [1.807, 2.05) is 30.3 Å². The average molecular weight is 467 g/mol. The van der Waals surface area contributed by atoms with Crippen molar-refractivity contribution in [2.24, 2.45) is 5.41 Å². The largest absolute Gasteiger partial charge is 0.382 e. The van der Waals surface area contributed by atoms with Crippen LogP contribution in [0.3, 0.4) is 0 Å². The topological polar surface area (TPSA) is 68.2 Å². The van der Waals surface area contributed by atoms with E-state index >= 15 is 4.39 Å². The number of hydrogen-bond donors (Lipinski definition) is 1. The second-order valence-corrected chi connectivity index (χ2v) is 11.6. The Morgan fingerprint density at radius 3 is 2.61 bits per heavy atom. The van der Waals surface area contributed by atoms with Gasteiger partial charge in [-0.2, -0.15) is 0 Å². The number of para-hydroxylation sites is 1. The summed E-state index contributed by atoms with van der Waals surface area (Å²) in [6, 6.07) is 11.0. The molecule has 0 unspecified atom stereocenters. The first-order valence-corrected chi connectivity index (χ1v) is 12.8. The molecule has 3 aromatic rings. The highest BCUT2D eigenvalue weighted by molar-refractivity contribution is 7.85. The number of aromatic nitrogens is 1. The third-order valence-corrected chi connectivity index (χ3v) is 8.16. The number of anilines is 1. The summed E-state index contributed by atoms with van der Waals surface area (Å²) in [5.74, 6) is 0.660. The van der Waals surface area contributed by atoms with Crippen molar-refractivity contribution >= 4 is 39.6 Å². The predicted octanol–water partition coefficient (Wildman–Crippen LogP) is 5.20. The molecule has 1 N–H and O–H groups in total. The van der Waals surface area contributed by atoms with Gasteiger partial charge in [-0.15, -0.1) is 0 Å². The van der Waals surface area contributed by atoms with Crippen molar-refractivity contribution in [3.63, 3.8) is 0 Å². The zero-order valence-electron chi connectivity index (χ0n) is 18.8. The molecule has 1 aromatic heterocycles. The molecule has 0 spiro atoms. The Kier molecular flexibility index (Phi) is 5.47. The molecule has 2 aliphatic heterocycles. The van der Waals surface area contributed by atoms with Crippen LogP contribution < -0.4 is 5.32 Å². The first-order chi connectivity index (χ1) is 15.8. The average Bonchev–Trinajstić information content (AvgIpc) is 3.08. The van der Waals surface area contributed by atoms with Crippen LogP contribution in [0.15, 0.2) is 36.4 Å². The number of hydrogen-bond acceptors (Lipinski definition) is 4. The summed E-state index contributed by atoms with van der Waals surface area (Å²) >= 11 is 0. The number of fused-ring (bicyclic) bond motifs is 3. The van der Waals surface area contributed by atoms with E-state index in [1.54, 1.807) is 4.57 Å². The highest BCUT2D eigenvalue weighted by Gasteiger charge is 2.35. The van der Waals surface area contributed by atoms with Gasteiger partial charge < -0.3 is 5.32 Å². The minimum absolute atomic E-state index is 0.000709. The Balaban J connectivity index is 1.68. The molecule has 33 heavy (non-hydrogen) atoms. The van der Waals surface area contributed by atoms with Crippen LogP contribution in [0.4, 0.5) is 10.1 Å². The van der Waals surface area contributed by atoms with E-state index in [9.17, 15) is 13.8 Å². The maximum absolute atomic E-state index is 15.2. The molecule has 1 saturated heterocycles. The van der Waals surface area contributed by atoms with Gasteiger partial charge in [0.25, 0.3) is 0 Å². The Bertz CT molecular complexity index is 1300. The summed E-state index contributed by atoms with van der Waals surface area (Å²) in [5.41, 5.74) is 3.45. The summed E-state index contributed by atoms with van der Waals surface area (Å²) in [6.07, 6.45) is 3.11. The number of nitrogens with one attached hydrogen (secondary N) is 1. The minimum Gasteiger partial charge on any atom is -0.382 e. The van der Waals surface area contributed by atoms with Gasteiger partial charge in [0.05, 0.1) is 11.1 Å². The second kappa shape index (κ2) is 8.20. The maximum atomic E-state index is 15.2. The number of nitrogens with zero attached hydrogens (tertiary/aromatic N) is 1. The van der Waals surface area contributed by atoms with Gasteiger partial charge in [-0.3, -0.25) is 18.4 Å². The lowest BCUT2D eigenvalue weighted by Gasteiger charge is -2.30. The predicted molar refractivity (Wildman–Crippen MR) is 130 cm³/mol. The highest BCUT2D eigenvalue weighted by Crippen LogP contribution is 2.43. The quantitative estimate of drug-likeness (QED) is 0.537. The van der Waals surface area contributed by atoms with Gasteiger partial charge in [0.1, 0.15) is 5.82 Å². The van der Waals surface area contributed by atoms with Crippen molar-refractivity contribution < 1.29 is 18.2 Å². The van der Waals surface area contributed by atoms with Crippen molar-refractivity contribution in [2.75, 3.05) is 16.8 Å². The van der Waals surface area contributed by atoms with Gasteiger partial charge in [-0.05, 0) is 48.4 Å². The minimum atomic E-state index is -0.806. The molecular weight excluding hydrogens is 439 g/mol. The SMILES string of the molecule is CC1(C)CC(=O)n2c(c(-c3cc(F)c(C=O)c(NC4CCS(=O)CC4)c3)c3ccccc32)C1. The smallest absolute Gasteiger partial charge is 0.231 e. The lowest BCUT2D eigenvalue weighted by atomic mass is 9.80. The third kappa shape index (κ3) is 3.92. The molecule has 2 aliphatic rings. The molecule has 0 bridgehead atoms. The van der Waals surface area contributed by atoms with Crippen LogP contribution in [-0.4, -0.2) is 38.5 Å². The zero-order chi connectivity index (χ0) is 23.3. The van der Waals surface area contributed by atoms with Crippen LogP contribution in [0.5, 0.6) is 0 Å². The van der Waals surface area contributed by atoms with Crippen LogP contribution >= 0.6 is 0 Å². The van der Waals surface area contributed by atoms with Crippen LogP contribution in [-0.2, 0) is 17.2 Å². The number of rotatable bonds is 4. The number of aldehydes is 1. The number of carbonyl (C=O) groups excluding carboxylic acids is 2. The molecule has 5 nitrogen and oxygen atoms in total. The summed E-state index contributed by atoms with van der Waals surface area (Å²) in [4.78, 5) is 24.8. The number of halogens is 1. The monoisotopic (exact) mass is 466 g/mol. The fourth-order valence-corrected chi connectivity index (χ4v) is 6.53. The first kappa shape index (κ1) is 22.0. The molecule has 1 fully saturated rings. The molecule has 172 valence electrons. The fraction of sp³-hybridized carbons (Fsp3) is 0.385. The standard InChI is InChI=1S/C26H27FN2O3S/c1-26(2)13-23-25(18-5-3-4-6-22(18)29(23)24(31)14-26)16-11-20(27)19(15-30)21(12-16)28-17-7-9-33(32)10-8-17/h3-6,11-12,15,17,28H,7-10,13-14H2,1-2H3. The molecule has 5 rings (SSSR count). The lowest BCUT2D eigenvalue weighted by Crippen LogP contribution is -2.31. The van der Waals surface area contributed by atoms with Crippen molar-refractivity contribution in [1.82, 2.24) is 4.57 Å². The molecule has 0 aliphatic carbocycles. The Morgan fingerprint density at radius 2 is 1.88 bits per heavy atom. The molecule has 0 atom stereocenters. The van der Waals surface area contributed by atoms with Gasteiger partial charge >= 0.3 is 0 Å². The van der Waals surface area contributed by atoms with Crippen LogP contribution in [0.25, 0.3) is 22.0 Å². The number of benzene rings is 2. The fourth-order valence-electron chi connectivity index (χ4n) is 5.23. The number of carbonyl (C=O) groups is 2. The van der Waals surface area contributed by atoms with Crippen molar-refractivity contribution in [1.29, 1.82) is 0 Å². The van der Waals surface area contributed by atoms with E-state index in [4.69, 9.17) is 0 Å². The zero-order valence-corrected chi connectivity index (χ0v) is 19.6. The van der Waals surface area contributed by atoms with Crippen molar-refractivity contribution in [2.45, 2.75) is 45.6 Å². The highest BCUT2D eigenvalue weighted by atomic mass is 32.2. The van der Waals surface area contributed by atoms with Gasteiger partial charge in [0.2, 0.25) is 5.91 Å². The lowest BCUT2D eigenvalue weighted by molar-refractivity contribution is 0.0816. The van der Waals surface area contributed by atoms with Gasteiger partial charge in [0.15, 0.2) is 6.29 Å². The molecule has 0 saturated carbocycles. The van der Waals surface area contributed by atoms with Gasteiger partial charge in [-0.1, -0.05) is 32.0 Å². The Hall–Kier alpha value is -2.80. The summed E-state index contributed by atoms with van der Waals surface area (Å²) < 4.78 is 28.7. The summed E-state index contributed by atoms with van der Waals surface area (Å²) in [6.45, 7) is 4.15. The maximum Gasteiger partial charge on any atom is 0.231 e. The molecule has 3 heterocycles. The van der Waals surface area contributed by atoms with E-state index in [0.29, 0.717) is 54.7 Å². The van der Waals surface area contributed by atoms with E-state index in [2.05, 4.69) is 19.2 Å². The molecule has 0 radical (unpaired) electrons. The normalized spacial score (nSPS) is 22.2. The Labute approximate surface area is 194 Å². The van der Waals surface area contributed by atoms with Crippen molar-refractivity contribution in [3.05, 3.63) is 53.5 Å². The van der Waals surface area contributed by atoms with Crippen molar-refractivity contribution in [3.8, 4) is 11.1 Å². The molecule has 7 heteroatoms. The van der Waals surface area contributed by atoms with Crippen LogP contribution in [0.2, 0.25) is 0 Å². The molecule has 2 aromatic carbocycles. The second-order valence-electron chi connectivity index (χ2n) is 9.89. The molecular formula is C26H27FN2O3S. The van der Waals surface area contributed by atoms with Crippen LogP contribution in [0, 0.1) is 11.2 Å². The summed E-state index contributed by atoms with van der Waals surface area (Å²) in [5, 5.41) is 4.24.